The van der Waals surface area contributed by atoms with Crippen molar-refractivity contribution in [3.63, 3.8) is 0 Å². The van der Waals surface area contributed by atoms with Crippen molar-refractivity contribution in [2.45, 2.75) is 29.1 Å². The highest BCUT2D eigenvalue weighted by Gasteiger charge is 2.87. The molecule has 0 radical (unpaired) electrons. The summed E-state index contributed by atoms with van der Waals surface area (Å²) in [6, 6.07) is 0. The summed E-state index contributed by atoms with van der Waals surface area (Å²) in [6.45, 7) is 0. The van der Waals surface area contributed by atoms with Crippen LogP contribution in [0.25, 0.3) is 0 Å². The van der Waals surface area contributed by atoms with E-state index in [-0.39, 0.29) is 0 Å². The maximum Gasteiger partial charge on any atom is 0.394 e. The third kappa shape index (κ3) is 2.84. The number of carbonyl (C=O) groups is 1. The monoisotopic (exact) mass is 359 g/mol. The van der Waals surface area contributed by atoms with E-state index in [1.807, 2.05) is 0 Å². The molecule has 21 heavy (non-hydrogen) atoms. The average Bonchev–Trinajstić information content (AvgIpc) is 2.26. The predicted molar refractivity (Wildman–Crippen MR) is 45.7 cm³/mol. The molecule has 0 atom stereocenters. The summed E-state index contributed by atoms with van der Waals surface area (Å²) in [5, 5.41) is -6.30. The molecule has 0 fully saturated rings. The maximum absolute atomic E-state index is 12.9. The highest BCUT2D eigenvalue weighted by Crippen LogP contribution is 2.57. The molecule has 1 N–H and O–H groups in total. The third-order valence-electron chi connectivity index (χ3n) is 2.02. The molecule has 0 spiro atoms. The van der Waals surface area contributed by atoms with Gasteiger partial charge in [0.15, 0.2) is 0 Å². The van der Waals surface area contributed by atoms with Gasteiger partial charge in [0, 0.05) is 0 Å². The minimum Gasteiger partial charge on any atom is -0.277 e. The van der Waals surface area contributed by atoms with E-state index in [0.29, 0.717) is 12.6 Å². The zero-order valence-electron chi connectivity index (χ0n) is 9.47. The number of nitrogens with one attached hydrogen (secondary N) is 1. The molecule has 0 heterocycles. The summed E-state index contributed by atoms with van der Waals surface area (Å²) < 4.78 is 126. The first kappa shape index (κ1) is 20.0. The van der Waals surface area contributed by atoms with E-state index in [2.05, 4.69) is 16.4 Å². The molecule has 0 aromatic rings. The molecule has 0 aliphatic carbocycles. The Morgan fingerprint density at radius 2 is 1.24 bits per heavy atom. The van der Waals surface area contributed by atoms with Gasteiger partial charge in [-0.3, -0.25) is 9.63 Å². The minimum atomic E-state index is -7.38. The molecule has 0 saturated carbocycles. The van der Waals surface area contributed by atoms with Crippen molar-refractivity contribution in [2.75, 3.05) is 7.11 Å². The van der Waals surface area contributed by atoms with Gasteiger partial charge in [0.05, 0.1) is 7.11 Å². The zero-order valence-corrected chi connectivity index (χ0v) is 10.2. The lowest BCUT2D eigenvalue weighted by Crippen LogP contribution is -2.69. The standard InChI is InChI=1S/C7H4ClF10NO2/c1-21-19-2(20)3(9,10)4(11,12)5(13,14)6(15,16)7(8,17)18/h1H3,(H,19,20). The molecule has 0 aliphatic rings. The molecule has 14 heteroatoms. The molecule has 0 aliphatic heterocycles. The maximum atomic E-state index is 12.9. The van der Waals surface area contributed by atoms with Crippen LogP contribution in [-0.4, -0.2) is 42.1 Å². The van der Waals surface area contributed by atoms with E-state index in [9.17, 15) is 48.7 Å². The van der Waals surface area contributed by atoms with Gasteiger partial charge in [-0.25, -0.2) is 5.48 Å². The Labute approximate surface area is 114 Å². The topological polar surface area (TPSA) is 38.3 Å². The van der Waals surface area contributed by atoms with E-state index in [1.54, 1.807) is 0 Å². The summed E-state index contributed by atoms with van der Waals surface area (Å²) in [5.41, 5.74) is 0.487. The van der Waals surface area contributed by atoms with Crippen molar-refractivity contribution in [2.24, 2.45) is 0 Å². The Balaban J connectivity index is 5.94. The number of hydrogen-bond donors (Lipinski definition) is 1. The molecule has 0 bridgehead atoms. The lowest BCUT2D eigenvalue weighted by atomic mass is 9.98. The fourth-order valence-corrected chi connectivity index (χ4v) is 0.990. The highest BCUT2D eigenvalue weighted by atomic mass is 35.5. The van der Waals surface area contributed by atoms with E-state index in [4.69, 9.17) is 0 Å². The van der Waals surface area contributed by atoms with E-state index in [1.165, 1.54) is 0 Å². The van der Waals surface area contributed by atoms with Crippen molar-refractivity contribution >= 4 is 17.5 Å². The first-order valence-corrected chi connectivity index (χ1v) is 4.77. The second-order valence-electron chi connectivity index (χ2n) is 3.43. The van der Waals surface area contributed by atoms with Gasteiger partial charge < -0.3 is 0 Å². The average molecular weight is 360 g/mol. The first-order valence-electron chi connectivity index (χ1n) is 4.40. The number of hydroxylamine groups is 1. The fraction of sp³-hybridized carbons (Fsp3) is 0.857. The van der Waals surface area contributed by atoms with E-state index < -0.39 is 35.0 Å². The molecule has 0 unspecified atom stereocenters. The van der Waals surface area contributed by atoms with Crippen LogP contribution in [0.2, 0.25) is 0 Å². The largest absolute Gasteiger partial charge is 0.394 e. The van der Waals surface area contributed by atoms with Crippen LogP contribution in [0.4, 0.5) is 43.9 Å². The number of amides is 1. The van der Waals surface area contributed by atoms with Crippen LogP contribution in [0.3, 0.4) is 0 Å². The van der Waals surface area contributed by atoms with Crippen LogP contribution in [0.5, 0.6) is 0 Å². The van der Waals surface area contributed by atoms with Gasteiger partial charge in [0.25, 0.3) is 0 Å². The van der Waals surface area contributed by atoms with Gasteiger partial charge in [-0.2, -0.15) is 43.9 Å². The Hall–Kier alpha value is -0.980. The van der Waals surface area contributed by atoms with Crippen LogP contribution < -0.4 is 5.48 Å². The number of hydrogen-bond acceptors (Lipinski definition) is 2. The number of halogens is 11. The molecule has 0 saturated heterocycles. The van der Waals surface area contributed by atoms with Gasteiger partial charge in [-0.05, 0) is 11.6 Å². The molecule has 3 nitrogen and oxygen atoms in total. The second-order valence-corrected chi connectivity index (χ2v) is 3.91. The fourth-order valence-electron chi connectivity index (χ4n) is 0.872. The lowest BCUT2D eigenvalue weighted by Gasteiger charge is -2.36. The zero-order chi connectivity index (χ0) is 17.5. The van der Waals surface area contributed by atoms with Gasteiger partial charge in [0.1, 0.15) is 0 Å². The van der Waals surface area contributed by atoms with Gasteiger partial charge in [0.2, 0.25) is 0 Å². The molecular formula is C7H4ClF10NO2. The Bertz CT molecular complexity index is 407. The van der Waals surface area contributed by atoms with Crippen LogP contribution >= 0.6 is 11.6 Å². The van der Waals surface area contributed by atoms with Crippen molar-refractivity contribution in [1.29, 1.82) is 0 Å². The second kappa shape index (κ2) is 5.34. The molecule has 0 rings (SSSR count). The number of alkyl halides is 11. The van der Waals surface area contributed by atoms with Crippen molar-refractivity contribution in [3.05, 3.63) is 0 Å². The van der Waals surface area contributed by atoms with Crippen molar-refractivity contribution in [1.82, 2.24) is 5.48 Å². The van der Waals surface area contributed by atoms with Gasteiger partial charge >= 0.3 is 35.0 Å². The Morgan fingerprint density at radius 3 is 1.52 bits per heavy atom. The number of carbonyl (C=O) groups excluding carboxylic acids is 1. The summed E-state index contributed by atoms with van der Waals surface area (Å²) in [7, 11) is 0.422. The van der Waals surface area contributed by atoms with Crippen LogP contribution in [0, 0.1) is 0 Å². The molecular weight excluding hydrogens is 356 g/mol. The normalized spacial score (nSPS) is 15.0. The quantitative estimate of drug-likeness (QED) is 0.450. The van der Waals surface area contributed by atoms with Crippen LogP contribution in [0.1, 0.15) is 0 Å². The first-order chi connectivity index (χ1) is 8.98. The van der Waals surface area contributed by atoms with Crippen LogP contribution in [-0.2, 0) is 9.63 Å². The summed E-state index contributed by atoms with van der Waals surface area (Å²) in [4.78, 5) is 13.9. The number of rotatable bonds is 6. The lowest BCUT2D eigenvalue weighted by molar-refractivity contribution is -0.382. The van der Waals surface area contributed by atoms with E-state index >= 15 is 0 Å². The van der Waals surface area contributed by atoms with Crippen molar-refractivity contribution in [3.8, 4) is 0 Å². The summed E-state index contributed by atoms with van der Waals surface area (Å²) >= 11 is 3.54. The smallest absolute Gasteiger partial charge is 0.277 e. The molecule has 126 valence electrons. The predicted octanol–water partition coefficient (Wildman–Crippen LogP) is 3.04. The summed E-state index contributed by atoms with van der Waals surface area (Å²) in [6.07, 6.45) is 0. The Morgan fingerprint density at radius 1 is 0.857 bits per heavy atom. The Kier molecular flexibility index (Phi) is 5.09. The van der Waals surface area contributed by atoms with Gasteiger partial charge in [-0.1, -0.05) is 0 Å². The van der Waals surface area contributed by atoms with Crippen LogP contribution in [0.15, 0.2) is 0 Å². The van der Waals surface area contributed by atoms with Gasteiger partial charge in [-0.15, -0.1) is 0 Å². The molecule has 0 aromatic heterocycles. The SMILES string of the molecule is CONC(=O)C(F)(F)C(F)(F)C(F)(F)C(F)(F)C(F)(F)Cl. The molecule has 0 aromatic carbocycles. The highest BCUT2D eigenvalue weighted by molar-refractivity contribution is 6.22. The third-order valence-corrected chi connectivity index (χ3v) is 2.26. The summed E-state index contributed by atoms with van der Waals surface area (Å²) in [5.74, 6) is -31.5. The van der Waals surface area contributed by atoms with E-state index in [0.717, 1.165) is 0 Å². The molecule has 1 amide bonds. The van der Waals surface area contributed by atoms with Crippen molar-refractivity contribution < 1.29 is 53.5 Å². The minimum absolute atomic E-state index is 0.422.